The second-order valence-corrected chi connectivity index (χ2v) is 4.07. The summed E-state index contributed by atoms with van der Waals surface area (Å²) in [4.78, 5) is 15.9. The molecular formula is C14H15NO2. The van der Waals surface area contributed by atoms with Gasteiger partial charge in [-0.1, -0.05) is 24.6 Å². The highest BCUT2D eigenvalue weighted by atomic mass is 16.4. The quantitative estimate of drug-likeness (QED) is 0.756. The van der Waals surface area contributed by atoms with Gasteiger partial charge in [-0.2, -0.15) is 0 Å². The van der Waals surface area contributed by atoms with Crippen LogP contribution >= 0.6 is 0 Å². The largest absolute Gasteiger partial charge is 0.441 e. The fraction of sp³-hybridized carbons (Fsp3) is 0.286. The predicted molar refractivity (Wildman–Crippen MR) is 66.0 cm³/mol. The molecule has 0 bridgehead atoms. The van der Waals surface area contributed by atoms with Crippen molar-refractivity contribution >= 4 is 5.78 Å². The molecule has 0 amide bonds. The number of ketones is 1. The van der Waals surface area contributed by atoms with Gasteiger partial charge in [-0.15, -0.1) is 0 Å². The van der Waals surface area contributed by atoms with Crippen molar-refractivity contribution in [1.29, 1.82) is 0 Å². The molecule has 0 N–H and O–H groups in total. The third kappa shape index (κ3) is 2.28. The molecule has 0 atom stereocenters. The summed E-state index contributed by atoms with van der Waals surface area (Å²) in [7, 11) is 0. The van der Waals surface area contributed by atoms with E-state index in [1.54, 1.807) is 6.92 Å². The monoisotopic (exact) mass is 229 g/mol. The summed E-state index contributed by atoms with van der Waals surface area (Å²) in [6.45, 7) is 5.61. The number of Topliss-reactive ketones (excluding diaryl/α,β-unsaturated/α-hetero) is 1. The van der Waals surface area contributed by atoms with Gasteiger partial charge in [0.2, 0.25) is 5.89 Å². The van der Waals surface area contributed by atoms with Gasteiger partial charge in [0.05, 0.1) is 0 Å². The number of aryl methyl sites for hydroxylation is 2. The molecule has 1 aromatic carbocycles. The third-order valence-corrected chi connectivity index (χ3v) is 2.65. The molecule has 3 heteroatoms. The minimum atomic E-state index is 0.0187. The van der Waals surface area contributed by atoms with Gasteiger partial charge >= 0.3 is 0 Å². The summed E-state index contributed by atoms with van der Waals surface area (Å²) in [5.74, 6) is 1.13. The van der Waals surface area contributed by atoms with E-state index in [0.717, 1.165) is 11.1 Å². The minimum absolute atomic E-state index is 0.0187. The molecule has 2 rings (SSSR count). The van der Waals surface area contributed by atoms with E-state index >= 15 is 0 Å². The number of rotatable bonds is 3. The Morgan fingerprint density at radius 1 is 1.35 bits per heavy atom. The van der Waals surface area contributed by atoms with Crippen LogP contribution < -0.4 is 0 Å². The SMILES string of the molecule is CCC(=O)c1nc(-c2cccc(C)c2)oc1C. The van der Waals surface area contributed by atoms with E-state index in [1.807, 2.05) is 38.1 Å². The summed E-state index contributed by atoms with van der Waals surface area (Å²) in [6.07, 6.45) is 0.445. The van der Waals surface area contributed by atoms with Gasteiger partial charge in [0, 0.05) is 12.0 Å². The summed E-state index contributed by atoms with van der Waals surface area (Å²) in [5, 5.41) is 0. The van der Waals surface area contributed by atoms with Crippen LogP contribution in [0.5, 0.6) is 0 Å². The normalized spacial score (nSPS) is 10.5. The van der Waals surface area contributed by atoms with Crippen LogP contribution in [0.1, 0.15) is 35.2 Å². The van der Waals surface area contributed by atoms with Crippen molar-refractivity contribution in [3.63, 3.8) is 0 Å². The van der Waals surface area contributed by atoms with Crippen LogP contribution in [0.4, 0.5) is 0 Å². The zero-order chi connectivity index (χ0) is 12.4. The zero-order valence-electron chi connectivity index (χ0n) is 10.3. The lowest BCUT2D eigenvalue weighted by Gasteiger charge is -1.96. The van der Waals surface area contributed by atoms with Crippen LogP contribution in [-0.4, -0.2) is 10.8 Å². The highest BCUT2D eigenvalue weighted by Gasteiger charge is 2.16. The summed E-state index contributed by atoms with van der Waals surface area (Å²) >= 11 is 0. The fourth-order valence-electron chi connectivity index (χ4n) is 1.72. The maximum Gasteiger partial charge on any atom is 0.226 e. The van der Waals surface area contributed by atoms with Gasteiger partial charge in [0.1, 0.15) is 11.5 Å². The van der Waals surface area contributed by atoms with Crippen molar-refractivity contribution in [3.05, 3.63) is 41.3 Å². The van der Waals surface area contributed by atoms with Crippen LogP contribution in [0.2, 0.25) is 0 Å². The van der Waals surface area contributed by atoms with E-state index in [9.17, 15) is 4.79 Å². The molecule has 0 aliphatic heterocycles. The Hall–Kier alpha value is -1.90. The Morgan fingerprint density at radius 3 is 2.76 bits per heavy atom. The van der Waals surface area contributed by atoms with Crippen molar-refractivity contribution in [2.75, 3.05) is 0 Å². The predicted octanol–water partition coefficient (Wildman–Crippen LogP) is 3.55. The lowest BCUT2D eigenvalue weighted by Crippen LogP contribution is -1.98. The minimum Gasteiger partial charge on any atom is -0.441 e. The number of aromatic nitrogens is 1. The molecule has 0 fully saturated rings. The molecule has 0 radical (unpaired) electrons. The third-order valence-electron chi connectivity index (χ3n) is 2.65. The first-order chi connectivity index (χ1) is 8.11. The van der Waals surface area contributed by atoms with E-state index < -0.39 is 0 Å². The highest BCUT2D eigenvalue weighted by Crippen LogP contribution is 2.23. The Morgan fingerprint density at radius 2 is 2.12 bits per heavy atom. The average Bonchev–Trinajstić information content (AvgIpc) is 2.70. The lowest BCUT2D eigenvalue weighted by atomic mass is 10.1. The molecule has 1 aromatic heterocycles. The van der Waals surface area contributed by atoms with E-state index in [4.69, 9.17) is 4.42 Å². The molecule has 0 saturated carbocycles. The van der Waals surface area contributed by atoms with E-state index in [2.05, 4.69) is 4.98 Å². The van der Waals surface area contributed by atoms with Crippen molar-refractivity contribution < 1.29 is 9.21 Å². The molecule has 0 unspecified atom stereocenters. The summed E-state index contributed by atoms with van der Waals surface area (Å²) in [5.41, 5.74) is 2.49. The van der Waals surface area contributed by atoms with E-state index in [-0.39, 0.29) is 5.78 Å². The molecule has 0 aliphatic rings. The molecule has 2 aromatic rings. The van der Waals surface area contributed by atoms with Crippen LogP contribution in [0.15, 0.2) is 28.7 Å². The molecule has 0 saturated heterocycles. The van der Waals surface area contributed by atoms with E-state index in [0.29, 0.717) is 23.8 Å². The maximum absolute atomic E-state index is 11.6. The molecule has 1 heterocycles. The number of hydrogen-bond acceptors (Lipinski definition) is 3. The highest BCUT2D eigenvalue weighted by molar-refractivity contribution is 5.95. The van der Waals surface area contributed by atoms with Crippen molar-refractivity contribution in [3.8, 4) is 11.5 Å². The number of carbonyl (C=O) groups excluding carboxylic acids is 1. The molecule has 0 aliphatic carbocycles. The Kier molecular flexibility index (Phi) is 3.09. The zero-order valence-corrected chi connectivity index (χ0v) is 10.3. The smallest absolute Gasteiger partial charge is 0.226 e. The van der Waals surface area contributed by atoms with Gasteiger partial charge in [-0.05, 0) is 26.0 Å². The van der Waals surface area contributed by atoms with Crippen molar-refractivity contribution in [2.45, 2.75) is 27.2 Å². The van der Waals surface area contributed by atoms with Gasteiger partial charge in [-0.3, -0.25) is 4.79 Å². The molecule has 88 valence electrons. The number of benzene rings is 1. The topological polar surface area (TPSA) is 43.1 Å². The Labute approximate surface area is 100 Å². The molecule has 17 heavy (non-hydrogen) atoms. The number of nitrogens with zero attached hydrogens (tertiary/aromatic N) is 1. The van der Waals surface area contributed by atoms with Gasteiger partial charge in [-0.25, -0.2) is 4.98 Å². The summed E-state index contributed by atoms with van der Waals surface area (Å²) < 4.78 is 5.55. The van der Waals surface area contributed by atoms with Crippen molar-refractivity contribution in [1.82, 2.24) is 4.98 Å². The van der Waals surface area contributed by atoms with Gasteiger partial charge in [0.15, 0.2) is 5.78 Å². The number of hydrogen-bond donors (Lipinski definition) is 0. The van der Waals surface area contributed by atoms with Crippen LogP contribution in [0, 0.1) is 13.8 Å². The number of oxazole rings is 1. The Bertz CT molecular complexity index is 555. The van der Waals surface area contributed by atoms with Gasteiger partial charge in [0.25, 0.3) is 0 Å². The maximum atomic E-state index is 11.6. The first-order valence-corrected chi connectivity index (χ1v) is 5.69. The second-order valence-electron chi connectivity index (χ2n) is 4.07. The van der Waals surface area contributed by atoms with Crippen LogP contribution in [0.3, 0.4) is 0 Å². The molecule has 0 spiro atoms. The average molecular weight is 229 g/mol. The van der Waals surface area contributed by atoms with E-state index in [1.165, 1.54) is 0 Å². The first kappa shape index (κ1) is 11.6. The standard InChI is InChI=1S/C14H15NO2/c1-4-12(16)13-10(3)17-14(15-13)11-7-5-6-9(2)8-11/h5-8H,4H2,1-3H3. The van der Waals surface area contributed by atoms with Crippen molar-refractivity contribution in [2.24, 2.45) is 0 Å². The van der Waals surface area contributed by atoms with Crippen LogP contribution in [0.25, 0.3) is 11.5 Å². The summed E-state index contributed by atoms with van der Waals surface area (Å²) in [6, 6.07) is 7.88. The number of carbonyl (C=O) groups is 1. The van der Waals surface area contributed by atoms with Crippen LogP contribution in [-0.2, 0) is 0 Å². The molecule has 3 nitrogen and oxygen atoms in total. The fourth-order valence-corrected chi connectivity index (χ4v) is 1.72. The second kappa shape index (κ2) is 4.53. The van der Waals surface area contributed by atoms with Gasteiger partial charge < -0.3 is 4.42 Å². The lowest BCUT2D eigenvalue weighted by molar-refractivity contribution is 0.0982. The Balaban J connectivity index is 2.44. The molecular weight excluding hydrogens is 214 g/mol. The first-order valence-electron chi connectivity index (χ1n) is 5.69.